The molecule has 1 aromatic heterocycles. The van der Waals surface area contributed by atoms with Gasteiger partial charge < -0.3 is 10.2 Å². The predicted molar refractivity (Wildman–Crippen MR) is 80.2 cm³/mol. The van der Waals surface area contributed by atoms with Crippen LogP contribution in [-0.4, -0.2) is 24.3 Å². The highest BCUT2D eigenvalue weighted by Crippen LogP contribution is 2.23. The molecule has 4 nitrogen and oxygen atoms in total. The van der Waals surface area contributed by atoms with E-state index in [9.17, 15) is 0 Å². The highest BCUT2D eigenvalue weighted by atomic mass is 15.2. The fourth-order valence-electron chi connectivity index (χ4n) is 1.81. The average Bonchev–Trinajstić information content (AvgIpc) is 2.46. The summed E-state index contributed by atoms with van der Waals surface area (Å²) in [6.45, 7) is 4.23. The zero-order valence-corrected chi connectivity index (χ0v) is 11.9. The second-order valence-electron chi connectivity index (χ2n) is 4.83. The predicted octanol–water partition coefficient (Wildman–Crippen LogP) is 3.41. The summed E-state index contributed by atoms with van der Waals surface area (Å²) < 4.78 is 0. The van der Waals surface area contributed by atoms with Gasteiger partial charge in [-0.05, 0) is 42.3 Å². The molecule has 0 saturated carbocycles. The van der Waals surface area contributed by atoms with Gasteiger partial charge in [0.25, 0.3) is 0 Å². The normalized spacial score (nSPS) is 10.6. The lowest BCUT2D eigenvalue weighted by Crippen LogP contribution is -2.12. The Morgan fingerprint density at radius 2 is 1.68 bits per heavy atom. The van der Waals surface area contributed by atoms with Crippen molar-refractivity contribution in [2.24, 2.45) is 0 Å². The van der Waals surface area contributed by atoms with Gasteiger partial charge >= 0.3 is 0 Å². The molecule has 2 rings (SSSR count). The maximum atomic E-state index is 4.28. The molecular weight excluding hydrogens is 236 g/mol. The molecule has 100 valence electrons. The molecular formula is C15H20N4. The van der Waals surface area contributed by atoms with Crippen molar-refractivity contribution in [3.05, 3.63) is 42.1 Å². The van der Waals surface area contributed by atoms with Crippen molar-refractivity contribution in [2.75, 3.05) is 24.3 Å². The molecule has 0 bridgehead atoms. The number of hydrogen-bond donors (Lipinski definition) is 1. The monoisotopic (exact) mass is 256 g/mol. The Morgan fingerprint density at radius 3 is 2.16 bits per heavy atom. The van der Waals surface area contributed by atoms with Gasteiger partial charge in [0.15, 0.2) is 5.82 Å². The number of nitrogens with zero attached hydrogens (tertiary/aromatic N) is 3. The van der Waals surface area contributed by atoms with Crippen LogP contribution in [0.25, 0.3) is 0 Å². The minimum atomic E-state index is 0.404. The Bertz CT molecular complexity index is 517. The summed E-state index contributed by atoms with van der Waals surface area (Å²) in [6.07, 6.45) is 0. The number of aromatic nitrogens is 2. The maximum Gasteiger partial charge on any atom is 0.155 e. The van der Waals surface area contributed by atoms with E-state index >= 15 is 0 Å². The van der Waals surface area contributed by atoms with Crippen molar-refractivity contribution in [3.8, 4) is 0 Å². The first-order valence-corrected chi connectivity index (χ1v) is 6.47. The summed E-state index contributed by atoms with van der Waals surface area (Å²) in [5.74, 6) is 1.25. The lowest BCUT2D eigenvalue weighted by molar-refractivity contribution is 0.783. The third-order valence-electron chi connectivity index (χ3n) is 3.15. The van der Waals surface area contributed by atoms with Crippen molar-refractivity contribution in [1.82, 2.24) is 10.2 Å². The first kappa shape index (κ1) is 13.3. The molecule has 0 atom stereocenters. The Hall–Kier alpha value is -2.10. The molecule has 1 heterocycles. The molecule has 0 radical (unpaired) electrons. The number of rotatable bonds is 4. The number of hydrogen-bond acceptors (Lipinski definition) is 4. The van der Waals surface area contributed by atoms with Gasteiger partial charge in [-0.2, -0.15) is 5.10 Å². The van der Waals surface area contributed by atoms with Gasteiger partial charge in [0.1, 0.15) is 0 Å². The lowest BCUT2D eigenvalue weighted by atomic mass is 10.1. The van der Waals surface area contributed by atoms with Crippen LogP contribution in [0.1, 0.15) is 25.5 Å². The summed E-state index contributed by atoms with van der Waals surface area (Å²) >= 11 is 0. The average molecular weight is 256 g/mol. The van der Waals surface area contributed by atoms with E-state index in [1.165, 1.54) is 0 Å². The Kier molecular flexibility index (Phi) is 4.00. The minimum absolute atomic E-state index is 0.404. The fraction of sp³-hybridized carbons (Fsp3) is 0.333. The molecule has 0 amide bonds. The van der Waals surface area contributed by atoms with Gasteiger partial charge in [0.05, 0.1) is 5.69 Å². The van der Waals surface area contributed by atoms with Crippen LogP contribution in [0, 0.1) is 0 Å². The molecule has 4 heteroatoms. The number of benzene rings is 1. The molecule has 0 spiro atoms. The van der Waals surface area contributed by atoms with Gasteiger partial charge in [-0.15, -0.1) is 5.10 Å². The van der Waals surface area contributed by atoms with Crippen LogP contribution in [0.2, 0.25) is 0 Å². The van der Waals surface area contributed by atoms with E-state index in [-0.39, 0.29) is 0 Å². The molecule has 0 aliphatic heterocycles. The molecule has 0 fully saturated rings. The second kappa shape index (κ2) is 5.69. The van der Waals surface area contributed by atoms with E-state index < -0.39 is 0 Å². The molecule has 1 N–H and O–H groups in total. The van der Waals surface area contributed by atoms with Gasteiger partial charge in [-0.3, -0.25) is 0 Å². The molecule has 19 heavy (non-hydrogen) atoms. The van der Waals surface area contributed by atoms with E-state index in [4.69, 9.17) is 0 Å². The van der Waals surface area contributed by atoms with Gasteiger partial charge in [0.2, 0.25) is 0 Å². The third kappa shape index (κ3) is 3.02. The van der Waals surface area contributed by atoms with Crippen LogP contribution < -0.4 is 10.2 Å². The van der Waals surface area contributed by atoms with Gasteiger partial charge in [-0.25, -0.2) is 0 Å². The molecule has 0 saturated heterocycles. The summed E-state index contributed by atoms with van der Waals surface area (Å²) in [6, 6.07) is 12.2. The molecule has 2 aromatic rings. The quantitative estimate of drug-likeness (QED) is 0.910. The van der Waals surface area contributed by atoms with Crippen molar-refractivity contribution < 1.29 is 0 Å². The van der Waals surface area contributed by atoms with E-state index in [1.54, 1.807) is 0 Å². The zero-order valence-electron chi connectivity index (χ0n) is 11.9. The highest BCUT2D eigenvalue weighted by molar-refractivity contribution is 5.61. The fourth-order valence-corrected chi connectivity index (χ4v) is 1.81. The maximum absolute atomic E-state index is 4.28. The summed E-state index contributed by atoms with van der Waals surface area (Å²) in [4.78, 5) is 2.02. The van der Waals surface area contributed by atoms with Gasteiger partial charge in [0, 0.05) is 25.5 Å². The van der Waals surface area contributed by atoms with Gasteiger partial charge in [-0.1, -0.05) is 13.8 Å². The second-order valence-corrected chi connectivity index (χ2v) is 4.83. The van der Waals surface area contributed by atoms with Crippen LogP contribution in [0.5, 0.6) is 0 Å². The number of anilines is 3. The Balaban J connectivity index is 2.20. The van der Waals surface area contributed by atoms with E-state index in [1.807, 2.05) is 43.3 Å². The van der Waals surface area contributed by atoms with Crippen LogP contribution in [0.3, 0.4) is 0 Å². The van der Waals surface area contributed by atoms with Crippen LogP contribution in [0.15, 0.2) is 36.4 Å². The standard InChI is InChI=1S/C15H20N4/c1-11(2)14-9-10-15(18-17-14)19(4)13-7-5-12(16-3)6-8-13/h5-11,16H,1-4H3. The van der Waals surface area contributed by atoms with Crippen molar-refractivity contribution in [3.63, 3.8) is 0 Å². The van der Waals surface area contributed by atoms with Crippen LogP contribution >= 0.6 is 0 Å². The first-order chi connectivity index (χ1) is 9.11. The molecule has 0 unspecified atom stereocenters. The van der Waals surface area contributed by atoms with Crippen LogP contribution in [-0.2, 0) is 0 Å². The minimum Gasteiger partial charge on any atom is -0.388 e. The van der Waals surface area contributed by atoms with Crippen molar-refractivity contribution in [2.45, 2.75) is 19.8 Å². The summed E-state index contributed by atoms with van der Waals surface area (Å²) in [7, 11) is 3.91. The SMILES string of the molecule is CNc1ccc(N(C)c2ccc(C(C)C)nn2)cc1. The lowest BCUT2D eigenvalue weighted by Gasteiger charge is -2.18. The zero-order chi connectivity index (χ0) is 13.8. The smallest absolute Gasteiger partial charge is 0.155 e. The summed E-state index contributed by atoms with van der Waals surface area (Å²) in [5.41, 5.74) is 3.20. The molecule has 1 aromatic carbocycles. The highest BCUT2D eigenvalue weighted by Gasteiger charge is 2.07. The van der Waals surface area contributed by atoms with E-state index in [0.717, 1.165) is 22.9 Å². The molecule has 0 aliphatic carbocycles. The Morgan fingerprint density at radius 1 is 1.00 bits per heavy atom. The third-order valence-corrected chi connectivity index (χ3v) is 3.15. The first-order valence-electron chi connectivity index (χ1n) is 6.47. The van der Waals surface area contributed by atoms with Crippen molar-refractivity contribution >= 4 is 17.2 Å². The Labute approximate surface area is 114 Å². The van der Waals surface area contributed by atoms with E-state index in [0.29, 0.717) is 5.92 Å². The van der Waals surface area contributed by atoms with E-state index in [2.05, 4.69) is 41.5 Å². The summed E-state index contributed by atoms with van der Waals surface area (Å²) in [5, 5.41) is 11.6. The van der Waals surface area contributed by atoms with Crippen LogP contribution in [0.4, 0.5) is 17.2 Å². The molecule has 0 aliphatic rings. The topological polar surface area (TPSA) is 41.0 Å². The number of nitrogens with one attached hydrogen (secondary N) is 1. The largest absolute Gasteiger partial charge is 0.388 e. The van der Waals surface area contributed by atoms with Crippen molar-refractivity contribution in [1.29, 1.82) is 0 Å².